The molecule has 106 valence electrons. The Labute approximate surface area is 114 Å². The van der Waals surface area contributed by atoms with Crippen molar-refractivity contribution in [2.45, 2.75) is 19.8 Å². The zero-order valence-corrected chi connectivity index (χ0v) is 11.8. The third-order valence-electron chi connectivity index (χ3n) is 2.70. The van der Waals surface area contributed by atoms with Crippen molar-refractivity contribution in [1.29, 1.82) is 0 Å². The second-order valence-corrected chi connectivity index (χ2v) is 4.04. The van der Waals surface area contributed by atoms with Crippen molar-refractivity contribution in [2.75, 3.05) is 32.6 Å². The van der Waals surface area contributed by atoms with Crippen LogP contribution >= 0.6 is 0 Å². The van der Waals surface area contributed by atoms with Crippen molar-refractivity contribution >= 4 is 11.6 Å². The van der Waals surface area contributed by atoms with Crippen molar-refractivity contribution in [1.82, 2.24) is 5.32 Å². The van der Waals surface area contributed by atoms with Crippen LogP contribution in [0.2, 0.25) is 0 Å². The Morgan fingerprint density at radius 1 is 1.21 bits per heavy atom. The Kier molecular flexibility index (Phi) is 6.74. The van der Waals surface area contributed by atoms with Gasteiger partial charge in [-0.25, -0.2) is 0 Å². The molecule has 0 aromatic heterocycles. The van der Waals surface area contributed by atoms with E-state index in [4.69, 9.17) is 9.47 Å². The lowest BCUT2D eigenvalue weighted by atomic mass is 10.2. The number of ether oxygens (including phenoxy) is 2. The lowest BCUT2D eigenvalue weighted by Crippen LogP contribution is -2.18. The summed E-state index contributed by atoms with van der Waals surface area (Å²) in [5.41, 5.74) is 0.584. The Morgan fingerprint density at radius 3 is 2.37 bits per heavy atom. The van der Waals surface area contributed by atoms with Crippen LogP contribution < -0.4 is 20.1 Å². The molecule has 0 bridgehead atoms. The molecular formula is C14H22N2O3. The summed E-state index contributed by atoms with van der Waals surface area (Å²) >= 11 is 0. The minimum atomic E-state index is -0.0410. The van der Waals surface area contributed by atoms with E-state index in [9.17, 15) is 4.79 Å². The fourth-order valence-corrected chi connectivity index (χ4v) is 1.73. The number of anilines is 1. The van der Waals surface area contributed by atoms with E-state index >= 15 is 0 Å². The maximum atomic E-state index is 11.9. The number of benzene rings is 1. The molecular weight excluding hydrogens is 244 g/mol. The first kappa shape index (κ1) is 15.3. The highest BCUT2D eigenvalue weighted by atomic mass is 16.5. The predicted octanol–water partition coefficient (Wildman–Crippen LogP) is 2.03. The molecule has 0 fully saturated rings. The summed E-state index contributed by atoms with van der Waals surface area (Å²) in [6, 6.07) is 5.39. The van der Waals surface area contributed by atoms with E-state index in [1.807, 2.05) is 13.0 Å². The van der Waals surface area contributed by atoms with Gasteiger partial charge in [0.15, 0.2) is 0 Å². The van der Waals surface area contributed by atoms with Crippen LogP contribution in [0, 0.1) is 0 Å². The summed E-state index contributed by atoms with van der Waals surface area (Å²) in [6.45, 7) is 3.80. The van der Waals surface area contributed by atoms with E-state index in [-0.39, 0.29) is 5.91 Å². The second kappa shape index (κ2) is 8.37. The topological polar surface area (TPSA) is 59.6 Å². The fourth-order valence-electron chi connectivity index (χ4n) is 1.73. The molecule has 1 aromatic rings. The Morgan fingerprint density at radius 2 is 1.84 bits per heavy atom. The van der Waals surface area contributed by atoms with Crippen LogP contribution in [0.15, 0.2) is 18.2 Å². The number of carbonyl (C=O) groups excluding carboxylic acids is 1. The van der Waals surface area contributed by atoms with E-state index in [0.29, 0.717) is 23.6 Å². The monoisotopic (exact) mass is 266 g/mol. The van der Waals surface area contributed by atoms with Gasteiger partial charge in [-0.1, -0.05) is 13.0 Å². The Bertz CT molecular complexity index is 385. The quantitative estimate of drug-likeness (QED) is 0.707. The molecule has 1 aromatic carbocycles. The molecule has 0 atom stereocenters. The van der Waals surface area contributed by atoms with Gasteiger partial charge in [-0.2, -0.15) is 0 Å². The van der Waals surface area contributed by atoms with Gasteiger partial charge >= 0.3 is 0 Å². The van der Waals surface area contributed by atoms with Gasteiger partial charge in [0.1, 0.15) is 17.2 Å². The maximum absolute atomic E-state index is 11.9. The maximum Gasteiger partial charge on any atom is 0.224 e. The third kappa shape index (κ3) is 4.79. The number of hydrogen-bond donors (Lipinski definition) is 2. The fraction of sp³-hybridized carbons (Fsp3) is 0.500. The van der Waals surface area contributed by atoms with Crippen molar-refractivity contribution in [2.24, 2.45) is 0 Å². The predicted molar refractivity (Wildman–Crippen MR) is 76.0 cm³/mol. The molecule has 0 radical (unpaired) electrons. The lowest BCUT2D eigenvalue weighted by molar-refractivity contribution is -0.116. The van der Waals surface area contributed by atoms with Crippen LogP contribution in [0.1, 0.15) is 19.8 Å². The molecule has 0 aliphatic rings. The molecule has 0 spiro atoms. The molecule has 0 aliphatic carbocycles. The van der Waals surface area contributed by atoms with E-state index in [1.54, 1.807) is 26.4 Å². The number of methoxy groups -OCH3 is 2. The summed E-state index contributed by atoms with van der Waals surface area (Å²) in [5.74, 6) is 1.15. The van der Waals surface area contributed by atoms with Gasteiger partial charge in [0.2, 0.25) is 5.91 Å². The number of para-hydroxylation sites is 1. The van der Waals surface area contributed by atoms with Crippen LogP contribution in [-0.4, -0.2) is 33.2 Å². The number of hydrogen-bond acceptors (Lipinski definition) is 4. The van der Waals surface area contributed by atoms with Crippen molar-refractivity contribution in [3.63, 3.8) is 0 Å². The summed E-state index contributed by atoms with van der Waals surface area (Å²) in [6.07, 6.45) is 1.27. The first-order chi connectivity index (χ1) is 9.22. The average molecular weight is 266 g/mol. The van der Waals surface area contributed by atoms with Crippen LogP contribution in [0.5, 0.6) is 11.5 Å². The normalized spacial score (nSPS) is 10.1. The van der Waals surface area contributed by atoms with Crippen LogP contribution in [0.4, 0.5) is 5.69 Å². The van der Waals surface area contributed by atoms with Crippen LogP contribution in [-0.2, 0) is 4.79 Å². The molecule has 1 rings (SSSR count). The van der Waals surface area contributed by atoms with Gasteiger partial charge in [0.25, 0.3) is 0 Å². The molecule has 1 amide bonds. The number of carbonyl (C=O) groups is 1. The molecule has 2 N–H and O–H groups in total. The zero-order valence-electron chi connectivity index (χ0n) is 11.8. The van der Waals surface area contributed by atoms with Crippen molar-refractivity contribution < 1.29 is 14.3 Å². The van der Waals surface area contributed by atoms with Gasteiger partial charge < -0.3 is 20.1 Å². The van der Waals surface area contributed by atoms with Gasteiger partial charge in [-0.15, -0.1) is 0 Å². The van der Waals surface area contributed by atoms with Crippen molar-refractivity contribution in [3.8, 4) is 11.5 Å². The zero-order chi connectivity index (χ0) is 14.1. The van der Waals surface area contributed by atoms with Gasteiger partial charge in [0, 0.05) is 6.42 Å². The highest BCUT2D eigenvalue weighted by molar-refractivity contribution is 5.94. The largest absolute Gasteiger partial charge is 0.494 e. The summed E-state index contributed by atoms with van der Waals surface area (Å²) in [5, 5.41) is 6.02. The molecule has 5 heteroatoms. The molecule has 0 unspecified atom stereocenters. The Balaban J connectivity index is 2.62. The molecule has 5 nitrogen and oxygen atoms in total. The molecule has 19 heavy (non-hydrogen) atoms. The summed E-state index contributed by atoms with van der Waals surface area (Å²) in [4.78, 5) is 11.9. The van der Waals surface area contributed by atoms with Crippen LogP contribution in [0.25, 0.3) is 0 Å². The highest BCUT2D eigenvalue weighted by Crippen LogP contribution is 2.34. The second-order valence-electron chi connectivity index (χ2n) is 4.04. The van der Waals surface area contributed by atoms with E-state index < -0.39 is 0 Å². The minimum absolute atomic E-state index is 0.0410. The van der Waals surface area contributed by atoms with Crippen molar-refractivity contribution in [3.05, 3.63) is 18.2 Å². The molecule has 0 heterocycles. The average Bonchev–Trinajstić information content (AvgIpc) is 2.43. The lowest BCUT2D eigenvalue weighted by Gasteiger charge is -2.13. The van der Waals surface area contributed by atoms with Crippen LogP contribution in [0.3, 0.4) is 0 Å². The summed E-state index contributed by atoms with van der Waals surface area (Å²) in [7, 11) is 3.13. The number of rotatable bonds is 8. The van der Waals surface area contributed by atoms with E-state index in [1.165, 1.54) is 0 Å². The standard InChI is InChI=1S/C14H22N2O3/c1-4-15-10-6-9-13(17)16-14-11(18-2)7-5-8-12(14)19-3/h5,7-8,15H,4,6,9-10H2,1-3H3,(H,16,17). The minimum Gasteiger partial charge on any atom is -0.494 e. The van der Waals surface area contributed by atoms with Gasteiger partial charge in [0.05, 0.1) is 14.2 Å². The molecule has 0 aliphatic heterocycles. The first-order valence-electron chi connectivity index (χ1n) is 6.44. The highest BCUT2D eigenvalue weighted by Gasteiger charge is 2.12. The van der Waals surface area contributed by atoms with Gasteiger partial charge in [-0.3, -0.25) is 4.79 Å². The number of nitrogens with one attached hydrogen (secondary N) is 2. The van der Waals surface area contributed by atoms with Gasteiger partial charge in [-0.05, 0) is 31.6 Å². The smallest absolute Gasteiger partial charge is 0.224 e. The van der Waals surface area contributed by atoms with E-state index in [2.05, 4.69) is 10.6 Å². The summed E-state index contributed by atoms with van der Waals surface area (Å²) < 4.78 is 10.4. The number of amides is 1. The molecule has 0 saturated heterocycles. The molecule has 0 saturated carbocycles. The SMILES string of the molecule is CCNCCCC(=O)Nc1c(OC)cccc1OC. The Hall–Kier alpha value is -1.75. The first-order valence-corrected chi connectivity index (χ1v) is 6.44. The van der Waals surface area contributed by atoms with E-state index in [0.717, 1.165) is 19.5 Å². The third-order valence-corrected chi connectivity index (χ3v) is 2.70.